The van der Waals surface area contributed by atoms with Crippen molar-refractivity contribution in [2.24, 2.45) is 0 Å². The van der Waals surface area contributed by atoms with Crippen molar-refractivity contribution < 1.29 is 5.11 Å². The zero-order valence-electron chi connectivity index (χ0n) is 11.0. The fraction of sp³-hybridized carbons (Fsp3) is 0.600. The smallest absolute Gasteiger partial charge is 0.0597 e. The first-order valence-corrected chi connectivity index (χ1v) is 6.99. The molecule has 1 aliphatic heterocycles. The predicted molar refractivity (Wildman–Crippen MR) is 74.4 cm³/mol. The summed E-state index contributed by atoms with van der Waals surface area (Å²) in [6.45, 7) is 4.37. The Bertz CT molecular complexity index is 323. The van der Waals surface area contributed by atoms with E-state index in [1.54, 1.807) is 0 Å². The number of nitrogens with one attached hydrogen (secondary N) is 1. The van der Waals surface area contributed by atoms with Gasteiger partial charge in [0.2, 0.25) is 0 Å². The lowest BCUT2D eigenvalue weighted by atomic mass is 10.1. The number of benzene rings is 1. The molecular formula is C15H24N2O. The van der Waals surface area contributed by atoms with E-state index in [0.29, 0.717) is 0 Å². The van der Waals surface area contributed by atoms with E-state index in [-0.39, 0.29) is 12.6 Å². The fourth-order valence-electron chi connectivity index (χ4n) is 2.50. The summed E-state index contributed by atoms with van der Waals surface area (Å²) in [5.74, 6) is 0. The molecule has 1 atom stereocenters. The summed E-state index contributed by atoms with van der Waals surface area (Å²) >= 11 is 0. The van der Waals surface area contributed by atoms with Gasteiger partial charge in [-0.3, -0.25) is 0 Å². The molecular weight excluding hydrogens is 224 g/mol. The Balaban J connectivity index is 1.74. The normalized spacial score (nSPS) is 18.7. The van der Waals surface area contributed by atoms with Crippen LogP contribution in [0.3, 0.4) is 0 Å². The molecule has 0 aromatic heterocycles. The third-order valence-corrected chi connectivity index (χ3v) is 3.59. The van der Waals surface area contributed by atoms with Gasteiger partial charge < -0.3 is 15.3 Å². The lowest BCUT2D eigenvalue weighted by Crippen LogP contribution is -2.44. The maximum atomic E-state index is 9.45. The van der Waals surface area contributed by atoms with E-state index in [1.165, 1.54) is 37.9 Å². The van der Waals surface area contributed by atoms with E-state index in [9.17, 15) is 5.11 Å². The molecule has 0 radical (unpaired) electrons. The third kappa shape index (κ3) is 4.41. The Morgan fingerprint density at radius 1 is 1.11 bits per heavy atom. The average Bonchev–Trinajstić information content (AvgIpc) is 2.45. The number of aliphatic hydroxyl groups excluding tert-OH is 1. The molecule has 1 aromatic rings. The number of likely N-dealkylation sites (tertiary alicyclic amines) is 1. The Morgan fingerprint density at radius 2 is 1.83 bits per heavy atom. The average molecular weight is 248 g/mol. The summed E-state index contributed by atoms with van der Waals surface area (Å²) in [4.78, 5) is 2.46. The maximum Gasteiger partial charge on any atom is 0.0597 e. The molecule has 3 heteroatoms. The number of hydrogen-bond donors (Lipinski definition) is 2. The summed E-state index contributed by atoms with van der Waals surface area (Å²) in [6.07, 6.45) is 3.96. The van der Waals surface area contributed by atoms with Gasteiger partial charge in [0.25, 0.3) is 0 Å². The van der Waals surface area contributed by atoms with Crippen molar-refractivity contribution in [3.63, 3.8) is 0 Å². The summed E-state index contributed by atoms with van der Waals surface area (Å²) in [5, 5.41) is 12.9. The second-order valence-corrected chi connectivity index (χ2v) is 5.11. The molecule has 0 spiro atoms. The molecule has 0 aliphatic carbocycles. The van der Waals surface area contributed by atoms with Gasteiger partial charge in [-0.25, -0.2) is 0 Å². The highest BCUT2D eigenvalue weighted by molar-refractivity contribution is 5.14. The summed E-state index contributed by atoms with van der Waals surface area (Å²) in [7, 11) is 0. The molecule has 0 unspecified atom stereocenters. The van der Waals surface area contributed by atoms with Crippen LogP contribution in [0.25, 0.3) is 0 Å². The van der Waals surface area contributed by atoms with Gasteiger partial charge in [0.15, 0.2) is 0 Å². The van der Waals surface area contributed by atoms with Crippen molar-refractivity contribution in [3.05, 3.63) is 35.9 Å². The molecule has 18 heavy (non-hydrogen) atoms. The highest BCUT2D eigenvalue weighted by atomic mass is 16.3. The van der Waals surface area contributed by atoms with Gasteiger partial charge in [-0.15, -0.1) is 0 Å². The van der Waals surface area contributed by atoms with Gasteiger partial charge in [0.05, 0.1) is 6.61 Å². The fourth-order valence-corrected chi connectivity index (χ4v) is 2.50. The molecule has 1 aromatic carbocycles. The van der Waals surface area contributed by atoms with E-state index in [0.717, 1.165) is 13.1 Å². The monoisotopic (exact) mass is 248 g/mol. The zero-order chi connectivity index (χ0) is 12.6. The van der Waals surface area contributed by atoms with Crippen LogP contribution in [0.1, 0.15) is 24.8 Å². The highest BCUT2D eigenvalue weighted by Crippen LogP contribution is 2.09. The molecule has 1 fully saturated rings. The Hall–Kier alpha value is -0.900. The van der Waals surface area contributed by atoms with Crippen molar-refractivity contribution in [1.29, 1.82) is 0 Å². The van der Waals surface area contributed by atoms with Crippen LogP contribution in [0.4, 0.5) is 0 Å². The van der Waals surface area contributed by atoms with Crippen molar-refractivity contribution in [3.8, 4) is 0 Å². The number of nitrogens with zero attached hydrogens (tertiary/aromatic N) is 1. The minimum Gasteiger partial charge on any atom is -0.395 e. The van der Waals surface area contributed by atoms with E-state index in [1.807, 2.05) is 6.07 Å². The van der Waals surface area contributed by atoms with Crippen LogP contribution in [0, 0.1) is 0 Å². The summed E-state index contributed by atoms with van der Waals surface area (Å²) in [6, 6.07) is 10.5. The quantitative estimate of drug-likeness (QED) is 0.803. The van der Waals surface area contributed by atoms with E-state index < -0.39 is 0 Å². The predicted octanol–water partition coefficient (Wildman–Crippen LogP) is 1.62. The van der Waals surface area contributed by atoms with Crippen LogP contribution in [0.15, 0.2) is 30.3 Å². The van der Waals surface area contributed by atoms with Crippen LogP contribution >= 0.6 is 0 Å². The lowest BCUT2D eigenvalue weighted by molar-refractivity contribution is 0.162. The minimum atomic E-state index is 0.184. The van der Waals surface area contributed by atoms with Crippen molar-refractivity contribution in [2.45, 2.75) is 31.8 Å². The van der Waals surface area contributed by atoms with Gasteiger partial charge >= 0.3 is 0 Å². The molecule has 0 saturated carbocycles. The largest absolute Gasteiger partial charge is 0.395 e. The van der Waals surface area contributed by atoms with Gasteiger partial charge in [-0.2, -0.15) is 0 Å². The molecule has 0 amide bonds. The zero-order valence-corrected chi connectivity index (χ0v) is 11.0. The van der Waals surface area contributed by atoms with E-state index in [4.69, 9.17) is 0 Å². The molecule has 1 aliphatic rings. The number of hydrogen-bond acceptors (Lipinski definition) is 3. The standard InChI is InChI=1S/C15H24N2O/c18-13-15(12-17-9-5-2-6-10-17)16-11-14-7-3-1-4-8-14/h1,3-4,7-8,15-16,18H,2,5-6,9-13H2/t15-/m1/s1. The first-order chi connectivity index (χ1) is 8.88. The molecule has 100 valence electrons. The summed E-state index contributed by atoms with van der Waals surface area (Å²) in [5.41, 5.74) is 1.27. The van der Waals surface area contributed by atoms with Crippen LogP contribution in [-0.2, 0) is 6.54 Å². The molecule has 0 bridgehead atoms. The first kappa shape index (κ1) is 13.5. The Labute approximate surface area is 110 Å². The maximum absolute atomic E-state index is 9.45. The molecule has 1 heterocycles. The second kappa shape index (κ2) is 7.52. The highest BCUT2D eigenvalue weighted by Gasteiger charge is 2.15. The number of aliphatic hydroxyl groups is 1. The van der Waals surface area contributed by atoms with Gasteiger partial charge in [0.1, 0.15) is 0 Å². The van der Waals surface area contributed by atoms with Gasteiger partial charge in [-0.1, -0.05) is 36.8 Å². The number of rotatable bonds is 6. The molecule has 3 nitrogen and oxygen atoms in total. The van der Waals surface area contributed by atoms with Crippen LogP contribution in [-0.4, -0.2) is 42.3 Å². The molecule has 1 saturated heterocycles. The Kier molecular flexibility index (Phi) is 5.65. The lowest BCUT2D eigenvalue weighted by Gasteiger charge is -2.30. The van der Waals surface area contributed by atoms with E-state index >= 15 is 0 Å². The van der Waals surface area contributed by atoms with Crippen molar-refractivity contribution in [2.75, 3.05) is 26.2 Å². The van der Waals surface area contributed by atoms with E-state index in [2.05, 4.69) is 34.5 Å². The van der Waals surface area contributed by atoms with Gasteiger partial charge in [-0.05, 0) is 31.5 Å². The third-order valence-electron chi connectivity index (χ3n) is 3.59. The van der Waals surface area contributed by atoms with Gasteiger partial charge in [0, 0.05) is 19.1 Å². The SMILES string of the molecule is OC[C@@H](CN1CCCCC1)NCc1ccccc1. The topological polar surface area (TPSA) is 35.5 Å². The molecule has 2 rings (SSSR count). The van der Waals surface area contributed by atoms with Crippen LogP contribution < -0.4 is 5.32 Å². The first-order valence-electron chi connectivity index (χ1n) is 6.99. The number of piperidine rings is 1. The Morgan fingerprint density at radius 3 is 2.50 bits per heavy atom. The van der Waals surface area contributed by atoms with Crippen LogP contribution in [0.5, 0.6) is 0 Å². The molecule has 2 N–H and O–H groups in total. The minimum absolute atomic E-state index is 0.184. The second-order valence-electron chi connectivity index (χ2n) is 5.11. The van der Waals surface area contributed by atoms with Crippen molar-refractivity contribution >= 4 is 0 Å². The van der Waals surface area contributed by atoms with Crippen LogP contribution in [0.2, 0.25) is 0 Å². The summed E-state index contributed by atoms with van der Waals surface area (Å²) < 4.78 is 0. The van der Waals surface area contributed by atoms with Crippen molar-refractivity contribution in [1.82, 2.24) is 10.2 Å².